The molecule has 108 valence electrons. The van der Waals surface area contributed by atoms with E-state index in [0.29, 0.717) is 6.04 Å². The minimum atomic E-state index is 0.657. The van der Waals surface area contributed by atoms with Gasteiger partial charge in [-0.3, -0.25) is 4.90 Å². The van der Waals surface area contributed by atoms with Crippen molar-refractivity contribution >= 4 is 0 Å². The van der Waals surface area contributed by atoms with E-state index in [4.69, 9.17) is 0 Å². The van der Waals surface area contributed by atoms with Gasteiger partial charge in [-0.15, -0.1) is 0 Å². The molecule has 18 heavy (non-hydrogen) atoms. The Labute approximate surface area is 115 Å². The third-order valence-electron chi connectivity index (χ3n) is 4.18. The normalized spacial score (nSPS) is 23.5. The molecule has 1 saturated heterocycles. The summed E-state index contributed by atoms with van der Waals surface area (Å²) in [7, 11) is 0. The molecule has 2 heteroatoms. The van der Waals surface area contributed by atoms with Crippen molar-refractivity contribution in [3.63, 3.8) is 0 Å². The third kappa shape index (κ3) is 5.71. The first-order valence-corrected chi connectivity index (χ1v) is 8.12. The van der Waals surface area contributed by atoms with Gasteiger partial charge in [-0.2, -0.15) is 0 Å². The van der Waals surface area contributed by atoms with E-state index in [9.17, 15) is 0 Å². The van der Waals surface area contributed by atoms with E-state index in [1.165, 1.54) is 51.6 Å². The summed E-state index contributed by atoms with van der Waals surface area (Å²) in [5, 5.41) is 3.69. The van der Waals surface area contributed by atoms with E-state index in [-0.39, 0.29) is 0 Å². The van der Waals surface area contributed by atoms with E-state index in [1.54, 1.807) is 0 Å². The number of hydrogen-bond donors (Lipinski definition) is 1. The smallest absolute Gasteiger partial charge is 0.0246 e. The summed E-state index contributed by atoms with van der Waals surface area (Å²) >= 11 is 0. The molecule has 1 fully saturated rings. The van der Waals surface area contributed by atoms with Gasteiger partial charge in [0, 0.05) is 12.1 Å². The first-order chi connectivity index (χ1) is 8.65. The van der Waals surface area contributed by atoms with Crippen LogP contribution in [-0.4, -0.2) is 36.6 Å². The van der Waals surface area contributed by atoms with Crippen LogP contribution >= 0.6 is 0 Å². The maximum absolute atomic E-state index is 3.69. The molecule has 2 nitrogen and oxygen atoms in total. The summed E-state index contributed by atoms with van der Waals surface area (Å²) in [5.74, 6) is 0.851. The molecule has 1 aliphatic heterocycles. The van der Waals surface area contributed by atoms with Crippen LogP contribution in [0.2, 0.25) is 0 Å². The van der Waals surface area contributed by atoms with Crippen molar-refractivity contribution in [3.05, 3.63) is 0 Å². The largest absolute Gasteiger partial charge is 0.313 e. The van der Waals surface area contributed by atoms with E-state index in [2.05, 4.69) is 37.9 Å². The molecule has 0 amide bonds. The van der Waals surface area contributed by atoms with Gasteiger partial charge >= 0.3 is 0 Å². The Morgan fingerprint density at radius 1 is 1.22 bits per heavy atom. The van der Waals surface area contributed by atoms with Gasteiger partial charge in [0.05, 0.1) is 0 Å². The topological polar surface area (TPSA) is 15.3 Å². The summed E-state index contributed by atoms with van der Waals surface area (Å²) < 4.78 is 0. The standard InChI is InChI=1S/C16H34N2/c1-5-11-17-15(4)16-10-6-7-12-18(16)13-8-9-14(2)3/h14-17H,5-13H2,1-4H3. The Morgan fingerprint density at radius 2 is 2.00 bits per heavy atom. The predicted molar refractivity (Wildman–Crippen MR) is 81.0 cm³/mol. The Balaban J connectivity index is 2.36. The summed E-state index contributed by atoms with van der Waals surface area (Å²) in [6.07, 6.45) is 8.20. The van der Waals surface area contributed by atoms with Gasteiger partial charge in [-0.05, 0) is 64.6 Å². The lowest BCUT2D eigenvalue weighted by atomic mass is 9.95. The molecule has 0 saturated carbocycles. The van der Waals surface area contributed by atoms with E-state index in [0.717, 1.165) is 18.5 Å². The van der Waals surface area contributed by atoms with Crippen LogP contribution in [-0.2, 0) is 0 Å². The molecule has 0 aromatic carbocycles. The molecular formula is C16H34N2. The lowest BCUT2D eigenvalue weighted by Crippen LogP contribution is -2.51. The average molecular weight is 254 g/mol. The van der Waals surface area contributed by atoms with Crippen molar-refractivity contribution in [3.8, 4) is 0 Å². The van der Waals surface area contributed by atoms with Crippen LogP contribution in [0.4, 0.5) is 0 Å². The van der Waals surface area contributed by atoms with Gasteiger partial charge in [0.25, 0.3) is 0 Å². The van der Waals surface area contributed by atoms with Crippen molar-refractivity contribution < 1.29 is 0 Å². The molecular weight excluding hydrogens is 220 g/mol. The van der Waals surface area contributed by atoms with Gasteiger partial charge in [0.1, 0.15) is 0 Å². The monoisotopic (exact) mass is 254 g/mol. The molecule has 1 aliphatic rings. The molecule has 2 unspecified atom stereocenters. The zero-order valence-electron chi connectivity index (χ0n) is 13.0. The number of piperidine rings is 1. The first kappa shape index (κ1) is 16.0. The van der Waals surface area contributed by atoms with Gasteiger partial charge in [-0.1, -0.05) is 27.2 Å². The van der Waals surface area contributed by atoms with Crippen LogP contribution in [0.1, 0.15) is 66.2 Å². The molecule has 0 spiro atoms. The van der Waals surface area contributed by atoms with E-state index < -0.39 is 0 Å². The zero-order chi connectivity index (χ0) is 13.4. The number of rotatable bonds is 8. The van der Waals surface area contributed by atoms with Gasteiger partial charge in [-0.25, -0.2) is 0 Å². The summed E-state index contributed by atoms with van der Waals surface area (Å²) in [6.45, 7) is 13.1. The maximum atomic E-state index is 3.69. The SMILES string of the molecule is CCCNC(C)C1CCCCN1CCCC(C)C. The van der Waals surface area contributed by atoms with Crippen molar-refractivity contribution in [2.45, 2.75) is 78.3 Å². The second-order valence-corrected chi connectivity index (χ2v) is 6.38. The highest BCUT2D eigenvalue weighted by molar-refractivity contribution is 4.84. The van der Waals surface area contributed by atoms with E-state index in [1.807, 2.05) is 0 Å². The fourth-order valence-electron chi connectivity index (χ4n) is 3.07. The Hall–Kier alpha value is -0.0800. The highest BCUT2D eigenvalue weighted by Gasteiger charge is 2.26. The fourth-order valence-corrected chi connectivity index (χ4v) is 3.07. The van der Waals surface area contributed by atoms with Gasteiger partial charge in [0.2, 0.25) is 0 Å². The quantitative estimate of drug-likeness (QED) is 0.711. The summed E-state index contributed by atoms with van der Waals surface area (Å²) in [5.41, 5.74) is 0. The minimum Gasteiger partial charge on any atom is -0.313 e. The second kappa shape index (κ2) is 8.92. The number of nitrogens with zero attached hydrogens (tertiary/aromatic N) is 1. The Kier molecular flexibility index (Phi) is 7.92. The van der Waals surface area contributed by atoms with Crippen molar-refractivity contribution in [2.75, 3.05) is 19.6 Å². The van der Waals surface area contributed by atoms with E-state index >= 15 is 0 Å². The average Bonchev–Trinajstić information content (AvgIpc) is 2.36. The summed E-state index contributed by atoms with van der Waals surface area (Å²) in [6, 6.07) is 1.43. The van der Waals surface area contributed by atoms with Crippen molar-refractivity contribution in [1.29, 1.82) is 0 Å². The van der Waals surface area contributed by atoms with Crippen LogP contribution < -0.4 is 5.32 Å². The second-order valence-electron chi connectivity index (χ2n) is 6.38. The maximum Gasteiger partial charge on any atom is 0.0246 e. The Morgan fingerprint density at radius 3 is 2.67 bits per heavy atom. The van der Waals surface area contributed by atoms with Crippen molar-refractivity contribution in [1.82, 2.24) is 10.2 Å². The molecule has 0 aromatic rings. The highest BCUT2D eigenvalue weighted by Crippen LogP contribution is 2.20. The van der Waals surface area contributed by atoms with Crippen molar-refractivity contribution in [2.24, 2.45) is 5.92 Å². The van der Waals surface area contributed by atoms with Crippen LogP contribution in [0, 0.1) is 5.92 Å². The number of nitrogens with one attached hydrogen (secondary N) is 1. The Bertz CT molecular complexity index is 203. The number of hydrogen-bond acceptors (Lipinski definition) is 2. The molecule has 1 N–H and O–H groups in total. The third-order valence-corrected chi connectivity index (χ3v) is 4.18. The molecule has 0 bridgehead atoms. The fraction of sp³-hybridized carbons (Fsp3) is 1.00. The predicted octanol–water partition coefficient (Wildman–Crippen LogP) is 3.67. The molecule has 0 radical (unpaired) electrons. The zero-order valence-corrected chi connectivity index (χ0v) is 13.0. The lowest BCUT2D eigenvalue weighted by molar-refractivity contribution is 0.116. The van der Waals surface area contributed by atoms with Crippen LogP contribution in [0.5, 0.6) is 0 Å². The van der Waals surface area contributed by atoms with Crippen LogP contribution in [0.25, 0.3) is 0 Å². The van der Waals surface area contributed by atoms with Gasteiger partial charge < -0.3 is 5.32 Å². The molecule has 1 heterocycles. The molecule has 0 aliphatic carbocycles. The van der Waals surface area contributed by atoms with Crippen LogP contribution in [0.3, 0.4) is 0 Å². The molecule has 0 aromatic heterocycles. The molecule has 2 atom stereocenters. The number of likely N-dealkylation sites (tertiary alicyclic amines) is 1. The van der Waals surface area contributed by atoms with Gasteiger partial charge in [0.15, 0.2) is 0 Å². The first-order valence-electron chi connectivity index (χ1n) is 8.12. The minimum absolute atomic E-state index is 0.657. The highest BCUT2D eigenvalue weighted by atomic mass is 15.2. The molecule has 1 rings (SSSR count). The van der Waals surface area contributed by atoms with Crippen LogP contribution in [0.15, 0.2) is 0 Å². The summed E-state index contributed by atoms with van der Waals surface area (Å²) in [4.78, 5) is 2.75. The lowest BCUT2D eigenvalue weighted by Gasteiger charge is -2.39.